The molecule has 0 bridgehead atoms. The number of para-hydroxylation sites is 1. The van der Waals surface area contributed by atoms with E-state index >= 15 is 0 Å². The molecule has 0 aliphatic heterocycles. The summed E-state index contributed by atoms with van der Waals surface area (Å²) >= 11 is 3.60. The Morgan fingerprint density at radius 3 is 1.89 bits per heavy atom. The summed E-state index contributed by atoms with van der Waals surface area (Å²) in [5.74, 6) is 0.849. The highest BCUT2D eigenvalue weighted by molar-refractivity contribution is 7.27. The van der Waals surface area contributed by atoms with Crippen LogP contribution in [0.3, 0.4) is 0 Å². The van der Waals surface area contributed by atoms with Crippen LogP contribution in [0.5, 0.6) is 0 Å². The number of aromatic nitrogens is 3. The van der Waals surface area contributed by atoms with Gasteiger partial charge in [0.1, 0.15) is 16.0 Å². The number of fused-ring (bicyclic) bond motifs is 15. The number of benzene rings is 8. The third-order valence-corrected chi connectivity index (χ3v) is 13.0. The molecule has 0 atom stereocenters. The molecule has 8 aromatic carbocycles. The van der Waals surface area contributed by atoms with Crippen molar-refractivity contribution in [2.24, 2.45) is 0 Å². The van der Waals surface area contributed by atoms with Crippen LogP contribution in [-0.2, 0) is 0 Å². The lowest BCUT2D eigenvalue weighted by molar-refractivity contribution is 1.09. The molecule has 0 unspecified atom stereocenters. The highest BCUT2D eigenvalue weighted by Gasteiger charge is 2.26. The first-order valence-corrected chi connectivity index (χ1v) is 19.5. The molecule has 0 saturated heterocycles. The van der Waals surface area contributed by atoms with Gasteiger partial charge in [-0.2, -0.15) is 0 Å². The third kappa shape index (κ3) is 4.15. The molecule has 0 fully saturated rings. The zero-order valence-corrected chi connectivity index (χ0v) is 29.9. The fraction of sp³-hybridized carbons (Fsp3) is 0. The topological polar surface area (TPSA) is 30.7 Å². The second-order valence-electron chi connectivity index (χ2n) is 13.7. The lowest BCUT2D eigenvalue weighted by atomic mass is 9.96. The fourth-order valence-electron chi connectivity index (χ4n) is 8.47. The number of hydrogen-bond donors (Lipinski definition) is 0. The Kier molecular flexibility index (Phi) is 6.09. The average molecular weight is 710 g/mol. The van der Waals surface area contributed by atoms with Crippen LogP contribution in [0, 0.1) is 0 Å². The predicted molar refractivity (Wildman–Crippen MR) is 228 cm³/mol. The molecule has 53 heavy (non-hydrogen) atoms. The van der Waals surface area contributed by atoms with Gasteiger partial charge in [0.2, 0.25) is 0 Å². The van der Waals surface area contributed by atoms with Crippen LogP contribution in [0.2, 0.25) is 0 Å². The molecule has 0 spiro atoms. The smallest absolute Gasteiger partial charge is 0.166 e. The van der Waals surface area contributed by atoms with Gasteiger partial charge in [-0.05, 0) is 50.9 Å². The van der Waals surface area contributed by atoms with E-state index in [4.69, 9.17) is 9.97 Å². The maximum Gasteiger partial charge on any atom is 0.166 e. The molecule has 0 saturated carbocycles. The van der Waals surface area contributed by atoms with E-state index in [1.165, 1.54) is 73.8 Å². The maximum absolute atomic E-state index is 5.63. The summed E-state index contributed by atoms with van der Waals surface area (Å²) in [5.41, 5.74) is 7.53. The minimum atomic E-state index is 0.849. The Morgan fingerprint density at radius 1 is 0.415 bits per heavy atom. The molecule has 3 nitrogen and oxygen atoms in total. The lowest BCUT2D eigenvalue weighted by Crippen LogP contribution is -2.03. The minimum Gasteiger partial charge on any atom is -0.290 e. The molecule has 0 N–H and O–H groups in total. The van der Waals surface area contributed by atoms with Crippen molar-refractivity contribution < 1.29 is 0 Å². The number of nitrogens with zero attached hydrogens (tertiary/aromatic N) is 3. The Balaban J connectivity index is 1.27. The van der Waals surface area contributed by atoms with Crippen molar-refractivity contribution in [1.29, 1.82) is 0 Å². The van der Waals surface area contributed by atoms with Crippen molar-refractivity contribution in [1.82, 2.24) is 14.5 Å². The van der Waals surface area contributed by atoms with Gasteiger partial charge in [0.05, 0.1) is 15.7 Å². The van der Waals surface area contributed by atoms with Crippen molar-refractivity contribution >= 4 is 107 Å². The van der Waals surface area contributed by atoms with Crippen molar-refractivity contribution in [2.75, 3.05) is 0 Å². The van der Waals surface area contributed by atoms with E-state index in [1.807, 2.05) is 11.3 Å². The molecule has 246 valence electrons. The van der Waals surface area contributed by atoms with E-state index in [2.05, 4.69) is 168 Å². The Hall–Kier alpha value is -6.40. The predicted octanol–water partition coefficient (Wildman–Crippen LogP) is 13.9. The molecule has 0 amide bonds. The Bertz CT molecular complexity index is 3440. The lowest BCUT2D eigenvalue weighted by Gasteiger charge is -2.14. The molecule has 12 aromatic rings. The third-order valence-electron chi connectivity index (χ3n) is 10.8. The van der Waals surface area contributed by atoms with E-state index in [0.717, 1.165) is 38.3 Å². The quantitative estimate of drug-likeness (QED) is 0.183. The van der Waals surface area contributed by atoms with E-state index in [9.17, 15) is 0 Å². The monoisotopic (exact) mass is 709 g/mol. The highest BCUT2D eigenvalue weighted by atomic mass is 32.1. The first-order chi connectivity index (χ1) is 26.3. The molecule has 0 aliphatic rings. The first kappa shape index (κ1) is 29.2. The minimum absolute atomic E-state index is 0.849. The molecular weight excluding hydrogens is 683 g/mol. The van der Waals surface area contributed by atoms with Crippen LogP contribution in [-0.4, -0.2) is 14.5 Å². The van der Waals surface area contributed by atoms with Crippen LogP contribution in [0.15, 0.2) is 164 Å². The van der Waals surface area contributed by atoms with Gasteiger partial charge in [0, 0.05) is 41.9 Å². The SMILES string of the molecule is c1ccc(-c2ccc(-c3nc4c(nc3-n3c5ccccc5c5c6ccccc6c6c(sc7ccc8ccccc8c76)c53)sc3ccccc34)cc2)cc1. The number of hydrogen-bond acceptors (Lipinski definition) is 4. The molecule has 12 rings (SSSR count). The molecule has 0 radical (unpaired) electrons. The van der Waals surface area contributed by atoms with Crippen molar-refractivity contribution in [3.8, 4) is 28.2 Å². The highest BCUT2D eigenvalue weighted by Crippen LogP contribution is 2.50. The Labute approximate surface area is 311 Å². The van der Waals surface area contributed by atoms with Gasteiger partial charge in [-0.25, -0.2) is 9.97 Å². The van der Waals surface area contributed by atoms with Crippen LogP contribution < -0.4 is 0 Å². The van der Waals surface area contributed by atoms with Gasteiger partial charge in [-0.15, -0.1) is 22.7 Å². The number of thiophene rings is 2. The first-order valence-electron chi connectivity index (χ1n) is 17.8. The van der Waals surface area contributed by atoms with E-state index in [1.54, 1.807) is 11.3 Å². The van der Waals surface area contributed by atoms with Gasteiger partial charge in [0.25, 0.3) is 0 Å². The van der Waals surface area contributed by atoms with Crippen molar-refractivity contribution in [3.63, 3.8) is 0 Å². The van der Waals surface area contributed by atoms with Gasteiger partial charge in [0.15, 0.2) is 5.82 Å². The van der Waals surface area contributed by atoms with Gasteiger partial charge >= 0.3 is 0 Å². The molecule has 4 heterocycles. The largest absolute Gasteiger partial charge is 0.290 e. The van der Waals surface area contributed by atoms with Gasteiger partial charge in [-0.1, -0.05) is 146 Å². The van der Waals surface area contributed by atoms with Crippen molar-refractivity contribution in [3.05, 3.63) is 164 Å². The normalized spacial score (nSPS) is 12.2. The van der Waals surface area contributed by atoms with Crippen LogP contribution in [0.1, 0.15) is 0 Å². The van der Waals surface area contributed by atoms with Crippen LogP contribution in [0.25, 0.3) is 112 Å². The summed E-state index contributed by atoms with van der Waals surface area (Å²) in [7, 11) is 0. The summed E-state index contributed by atoms with van der Waals surface area (Å²) < 4.78 is 6.17. The summed E-state index contributed by atoms with van der Waals surface area (Å²) in [6, 6.07) is 59.1. The summed E-state index contributed by atoms with van der Waals surface area (Å²) in [4.78, 5) is 12.1. The second kappa shape index (κ2) is 11.1. The summed E-state index contributed by atoms with van der Waals surface area (Å²) in [6.07, 6.45) is 0. The average Bonchev–Trinajstić information content (AvgIpc) is 3.91. The molecule has 0 aliphatic carbocycles. The molecule has 5 heteroatoms. The summed E-state index contributed by atoms with van der Waals surface area (Å²) in [5, 5.41) is 11.3. The zero-order chi connectivity index (χ0) is 34.6. The van der Waals surface area contributed by atoms with E-state index in [-0.39, 0.29) is 0 Å². The fourth-order valence-corrected chi connectivity index (χ4v) is 10.8. The maximum atomic E-state index is 5.63. The van der Waals surface area contributed by atoms with Crippen molar-refractivity contribution in [2.45, 2.75) is 0 Å². The van der Waals surface area contributed by atoms with Crippen LogP contribution >= 0.6 is 22.7 Å². The number of rotatable bonds is 3. The van der Waals surface area contributed by atoms with Gasteiger partial charge < -0.3 is 0 Å². The van der Waals surface area contributed by atoms with E-state index in [0.29, 0.717) is 0 Å². The standard InChI is InChI=1S/C48H27N3S2/c1-2-12-28(13-3-1)29-22-24-31(25-23-29)43-47(50-48-44(49-43)36-19-9-11-21-38(36)53-48)51-37-20-10-8-18-35(37)40-33-16-6-7-17-34(33)42-41-32-15-5-4-14-30(32)26-27-39(41)52-46(42)45(40)51/h1-27H. The van der Waals surface area contributed by atoms with Crippen LogP contribution in [0.4, 0.5) is 0 Å². The zero-order valence-electron chi connectivity index (χ0n) is 28.2. The summed E-state index contributed by atoms with van der Waals surface area (Å²) in [6.45, 7) is 0. The second-order valence-corrected chi connectivity index (χ2v) is 15.8. The molecule has 4 aromatic heterocycles. The molecular formula is C48H27N3S2. The van der Waals surface area contributed by atoms with Gasteiger partial charge in [-0.3, -0.25) is 4.57 Å². The van der Waals surface area contributed by atoms with E-state index < -0.39 is 0 Å². The Morgan fingerprint density at radius 2 is 1.06 bits per heavy atom.